The maximum Gasteiger partial charge on any atom is 0.313 e. The van der Waals surface area contributed by atoms with Crippen LogP contribution in [0.5, 0.6) is 0 Å². The predicted molar refractivity (Wildman–Crippen MR) is 75.2 cm³/mol. The monoisotopic (exact) mass is 341 g/mol. The van der Waals surface area contributed by atoms with Gasteiger partial charge in [0.1, 0.15) is 5.82 Å². The van der Waals surface area contributed by atoms with E-state index in [2.05, 4.69) is 21.2 Å². The summed E-state index contributed by atoms with van der Waals surface area (Å²) in [6.45, 7) is 1.66. The number of halogens is 2. The van der Waals surface area contributed by atoms with E-state index in [1.165, 1.54) is 24.1 Å². The van der Waals surface area contributed by atoms with E-state index in [9.17, 15) is 14.0 Å². The molecule has 1 unspecified atom stereocenters. The Morgan fingerprint density at radius 2 is 2.20 bits per heavy atom. The first-order chi connectivity index (χ1) is 9.36. The van der Waals surface area contributed by atoms with Gasteiger partial charge >= 0.3 is 11.8 Å². The molecule has 1 N–H and O–H groups in total. The fourth-order valence-corrected chi connectivity index (χ4v) is 1.74. The summed E-state index contributed by atoms with van der Waals surface area (Å²) in [7, 11) is 1.44. The van der Waals surface area contributed by atoms with E-state index in [4.69, 9.17) is 5.26 Å². The van der Waals surface area contributed by atoms with Gasteiger partial charge in [-0.25, -0.2) is 4.39 Å². The largest absolute Gasteiger partial charge is 0.334 e. The third-order valence-electron chi connectivity index (χ3n) is 2.74. The molecule has 0 aliphatic heterocycles. The van der Waals surface area contributed by atoms with Crippen LogP contribution >= 0.6 is 15.9 Å². The highest BCUT2D eigenvalue weighted by molar-refractivity contribution is 9.10. The lowest BCUT2D eigenvalue weighted by atomic mass is 10.2. The molecule has 0 spiro atoms. The zero-order chi connectivity index (χ0) is 15.3. The Kier molecular flexibility index (Phi) is 5.65. The van der Waals surface area contributed by atoms with Crippen molar-refractivity contribution in [3.8, 4) is 6.07 Å². The Morgan fingerprint density at radius 1 is 1.55 bits per heavy atom. The van der Waals surface area contributed by atoms with Crippen LogP contribution in [-0.4, -0.2) is 29.8 Å². The summed E-state index contributed by atoms with van der Waals surface area (Å²) in [5.41, 5.74) is 0.171. The lowest BCUT2D eigenvalue weighted by Crippen LogP contribution is -2.42. The molecule has 1 aromatic rings. The lowest BCUT2D eigenvalue weighted by Gasteiger charge is -2.22. The molecule has 5 nitrogen and oxygen atoms in total. The number of rotatable bonds is 3. The fourth-order valence-electron chi connectivity index (χ4n) is 1.40. The molecule has 0 radical (unpaired) electrons. The molecule has 20 heavy (non-hydrogen) atoms. The van der Waals surface area contributed by atoms with Gasteiger partial charge in [-0.05, 0) is 41.1 Å². The summed E-state index contributed by atoms with van der Waals surface area (Å²) in [6.07, 6.45) is 0.124. The van der Waals surface area contributed by atoms with Crippen LogP contribution in [0.4, 0.5) is 10.1 Å². The molecule has 106 valence electrons. The van der Waals surface area contributed by atoms with Crippen molar-refractivity contribution in [3.63, 3.8) is 0 Å². The minimum Gasteiger partial charge on any atom is -0.334 e. The van der Waals surface area contributed by atoms with Crippen LogP contribution in [0.1, 0.15) is 13.3 Å². The predicted octanol–water partition coefficient (Wildman–Crippen LogP) is 2.29. The number of nitrogens with zero attached hydrogens (tertiary/aromatic N) is 2. The van der Waals surface area contributed by atoms with E-state index in [-0.39, 0.29) is 18.2 Å². The van der Waals surface area contributed by atoms with E-state index in [0.717, 1.165) is 6.07 Å². The number of nitrogens with one attached hydrogen (secondary N) is 1. The molecule has 0 aliphatic carbocycles. The maximum atomic E-state index is 13.1. The van der Waals surface area contributed by atoms with E-state index in [1.807, 2.05) is 6.07 Å². The Balaban J connectivity index is 2.78. The molecule has 0 aromatic heterocycles. The van der Waals surface area contributed by atoms with Gasteiger partial charge in [0.2, 0.25) is 0 Å². The van der Waals surface area contributed by atoms with Crippen LogP contribution in [0.25, 0.3) is 0 Å². The maximum absolute atomic E-state index is 13.1. The van der Waals surface area contributed by atoms with Crippen molar-refractivity contribution >= 4 is 33.4 Å². The number of amides is 2. The van der Waals surface area contributed by atoms with Crippen LogP contribution in [0.3, 0.4) is 0 Å². The number of anilines is 1. The zero-order valence-corrected chi connectivity index (χ0v) is 12.6. The van der Waals surface area contributed by atoms with Gasteiger partial charge in [-0.3, -0.25) is 9.59 Å². The smallest absolute Gasteiger partial charge is 0.313 e. The standard InChI is InChI=1S/C13H13BrFN3O2/c1-8(5-6-16)18(2)13(20)12(19)17-11-7-9(15)3-4-10(11)14/h3-4,7-8H,5H2,1-2H3,(H,17,19). The minimum absolute atomic E-state index is 0.124. The molecule has 1 atom stereocenters. The first-order valence-corrected chi connectivity index (χ1v) is 6.56. The van der Waals surface area contributed by atoms with Crippen LogP contribution in [0.2, 0.25) is 0 Å². The number of carbonyl (C=O) groups excluding carboxylic acids is 2. The van der Waals surface area contributed by atoms with Gasteiger partial charge in [0.05, 0.1) is 18.2 Å². The Bertz CT molecular complexity index is 571. The van der Waals surface area contributed by atoms with Gasteiger partial charge < -0.3 is 10.2 Å². The van der Waals surface area contributed by atoms with E-state index < -0.39 is 17.6 Å². The summed E-state index contributed by atoms with van der Waals surface area (Å²) in [5.74, 6) is -2.20. The number of nitriles is 1. The average Bonchev–Trinajstić information content (AvgIpc) is 2.41. The summed E-state index contributed by atoms with van der Waals surface area (Å²) in [4.78, 5) is 24.8. The Labute approximate surface area is 124 Å². The van der Waals surface area contributed by atoms with E-state index in [1.54, 1.807) is 6.92 Å². The number of benzene rings is 1. The first-order valence-electron chi connectivity index (χ1n) is 5.77. The van der Waals surface area contributed by atoms with Gasteiger partial charge in [0, 0.05) is 17.6 Å². The molecule has 2 amide bonds. The van der Waals surface area contributed by atoms with Crippen LogP contribution < -0.4 is 5.32 Å². The molecule has 0 bridgehead atoms. The van der Waals surface area contributed by atoms with E-state index in [0.29, 0.717) is 4.47 Å². The average molecular weight is 342 g/mol. The van der Waals surface area contributed by atoms with Gasteiger partial charge in [-0.2, -0.15) is 5.26 Å². The molecule has 0 heterocycles. The van der Waals surface area contributed by atoms with Crippen LogP contribution in [0.15, 0.2) is 22.7 Å². The van der Waals surface area contributed by atoms with Gasteiger partial charge in [0.25, 0.3) is 0 Å². The molecule has 0 fully saturated rings. The summed E-state index contributed by atoms with van der Waals surface area (Å²) in [5, 5.41) is 10.9. The lowest BCUT2D eigenvalue weighted by molar-refractivity contribution is -0.143. The highest BCUT2D eigenvalue weighted by Gasteiger charge is 2.23. The van der Waals surface area contributed by atoms with Gasteiger partial charge in [0.15, 0.2) is 0 Å². The topological polar surface area (TPSA) is 73.2 Å². The molecule has 0 aliphatic rings. The van der Waals surface area contributed by atoms with Crippen LogP contribution in [-0.2, 0) is 9.59 Å². The number of carbonyl (C=O) groups is 2. The van der Waals surface area contributed by atoms with Gasteiger partial charge in [-0.15, -0.1) is 0 Å². The number of hydrogen-bond acceptors (Lipinski definition) is 3. The summed E-state index contributed by atoms with van der Waals surface area (Å²) in [6, 6.07) is 5.30. The molecule has 7 heteroatoms. The van der Waals surface area contributed by atoms with Crippen molar-refractivity contribution in [3.05, 3.63) is 28.5 Å². The zero-order valence-electron chi connectivity index (χ0n) is 11.0. The van der Waals surface area contributed by atoms with Crippen molar-refractivity contribution in [1.29, 1.82) is 5.26 Å². The van der Waals surface area contributed by atoms with Crippen molar-refractivity contribution in [2.75, 3.05) is 12.4 Å². The second kappa shape index (κ2) is 7.01. The van der Waals surface area contributed by atoms with Crippen LogP contribution in [0, 0.1) is 17.1 Å². The third-order valence-corrected chi connectivity index (χ3v) is 3.43. The molecule has 0 saturated carbocycles. The minimum atomic E-state index is -0.886. The Morgan fingerprint density at radius 3 is 2.80 bits per heavy atom. The summed E-state index contributed by atoms with van der Waals surface area (Å²) < 4.78 is 13.5. The molecule has 1 rings (SSSR count). The normalized spacial score (nSPS) is 11.3. The van der Waals surface area contributed by atoms with Crippen molar-refractivity contribution in [1.82, 2.24) is 4.90 Å². The first kappa shape index (κ1) is 16.1. The molecular formula is C13H13BrFN3O2. The highest BCUT2D eigenvalue weighted by Crippen LogP contribution is 2.23. The van der Waals surface area contributed by atoms with E-state index >= 15 is 0 Å². The molecule has 0 saturated heterocycles. The SMILES string of the molecule is CC(CC#N)N(C)C(=O)C(=O)Nc1cc(F)ccc1Br. The molecule has 1 aromatic carbocycles. The molecular weight excluding hydrogens is 329 g/mol. The summed E-state index contributed by atoms with van der Waals surface area (Å²) >= 11 is 3.15. The van der Waals surface area contributed by atoms with Gasteiger partial charge in [-0.1, -0.05) is 0 Å². The van der Waals surface area contributed by atoms with Crippen molar-refractivity contribution < 1.29 is 14.0 Å². The fraction of sp³-hybridized carbons (Fsp3) is 0.308. The number of likely N-dealkylation sites (N-methyl/N-ethyl adjacent to an activating group) is 1. The number of hydrogen-bond donors (Lipinski definition) is 1. The third kappa shape index (κ3) is 4.03. The second-order valence-electron chi connectivity index (χ2n) is 4.21. The van der Waals surface area contributed by atoms with Crippen molar-refractivity contribution in [2.45, 2.75) is 19.4 Å². The quantitative estimate of drug-likeness (QED) is 0.857. The highest BCUT2D eigenvalue weighted by atomic mass is 79.9. The Hall–Kier alpha value is -1.94. The second-order valence-corrected chi connectivity index (χ2v) is 5.06. The van der Waals surface area contributed by atoms with Crippen molar-refractivity contribution in [2.24, 2.45) is 0 Å².